The SMILES string of the molecule is CCC(CC)C(=O)c1cc(F)c(F)cc1OC. The van der Waals surface area contributed by atoms with Gasteiger partial charge in [-0.1, -0.05) is 13.8 Å². The maximum absolute atomic E-state index is 13.1. The molecule has 0 heterocycles. The van der Waals surface area contributed by atoms with Crippen LogP contribution in [0.3, 0.4) is 0 Å². The second-order valence-corrected chi connectivity index (χ2v) is 3.84. The zero-order valence-corrected chi connectivity index (χ0v) is 10.2. The van der Waals surface area contributed by atoms with Gasteiger partial charge in [0.25, 0.3) is 0 Å². The predicted octanol–water partition coefficient (Wildman–Crippen LogP) is 3.59. The van der Waals surface area contributed by atoms with Crippen LogP contribution < -0.4 is 4.74 Å². The van der Waals surface area contributed by atoms with E-state index in [1.807, 2.05) is 13.8 Å². The summed E-state index contributed by atoms with van der Waals surface area (Å²) in [5.41, 5.74) is 0.111. The molecular weight excluding hydrogens is 226 g/mol. The molecule has 0 aliphatic carbocycles. The van der Waals surface area contributed by atoms with Crippen molar-refractivity contribution in [3.8, 4) is 5.75 Å². The highest BCUT2D eigenvalue weighted by atomic mass is 19.2. The van der Waals surface area contributed by atoms with Crippen molar-refractivity contribution in [2.75, 3.05) is 7.11 Å². The predicted molar refractivity (Wildman–Crippen MR) is 61.3 cm³/mol. The van der Waals surface area contributed by atoms with Gasteiger partial charge in [0.05, 0.1) is 12.7 Å². The van der Waals surface area contributed by atoms with Crippen molar-refractivity contribution in [1.29, 1.82) is 0 Å². The number of halogens is 2. The molecule has 0 saturated heterocycles. The Hall–Kier alpha value is -1.45. The standard InChI is InChI=1S/C13H16F2O2/c1-4-8(5-2)13(16)9-6-10(14)11(15)7-12(9)17-3/h6-8H,4-5H2,1-3H3. The van der Waals surface area contributed by atoms with Crippen molar-refractivity contribution in [2.45, 2.75) is 26.7 Å². The van der Waals surface area contributed by atoms with Gasteiger partial charge >= 0.3 is 0 Å². The van der Waals surface area contributed by atoms with Crippen LogP contribution in [0.25, 0.3) is 0 Å². The topological polar surface area (TPSA) is 26.3 Å². The molecular formula is C13H16F2O2. The minimum Gasteiger partial charge on any atom is -0.496 e. The van der Waals surface area contributed by atoms with Crippen LogP contribution in [0.15, 0.2) is 12.1 Å². The van der Waals surface area contributed by atoms with Gasteiger partial charge in [-0.25, -0.2) is 8.78 Å². The van der Waals surface area contributed by atoms with Crippen molar-refractivity contribution in [1.82, 2.24) is 0 Å². The van der Waals surface area contributed by atoms with Gasteiger partial charge < -0.3 is 4.74 Å². The summed E-state index contributed by atoms with van der Waals surface area (Å²) in [6.45, 7) is 3.77. The average Bonchev–Trinajstić information content (AvgIpc) is 2.33. The maximum atomic E-state index is 13.1. The van der Waals surface area contributed by atoms with Crippen molar-refractivity contribution in [3.05, 3.63) is 29.3 Å². The van der Waals surface area contributed by atoms with E-state index in [9.17, 15) is 13.6 Å². The first-order valence-corrected chi connectivity index (χ1v) is 5.62. The molecule has 0 saturated carbocycles. The highest BCUT2D eigenvalue weighted by Gasteiger charge is 2.22. The van der Waals surface area contributed by atoms with E-state index in [-0.39, 0.29) is 23.0 Å². The molecule has 0 radical (unpaired) electrons. The third-order valence-electron chi connectivity index (χ3n) is 2.86. The van der Waals surface area contributed by atoms with Gasteiger partial charge in [-0.3, -0.25) is 4.79 Å². The molecule has 0 unspecified atom stereocenters. The number of ketones is 1. The molecule has 1 rings (SSSR count). The summed E-state index contributed by atoms with van der Waals surface area (Å²) in [6, 6.07) is 1.82. The number of benzene rings is 1. The third kappa shape index (κ3) is 2.81. The van der Waals surface area contributed by atoms with Crippen molar-refractivity contribution in [3.63, 3.8) is 0 Å². The van der Waals surface area contributed by atoms with Crippen LogP contribution in [0.5, 0.6) is 5.75 Å². The van der Waals surface area contributed by atoms with E-state index >= 15 is 0 Å². The number of hydrogen-bond acceptors (Lipinski definition) is 2. The van der Waals surface area contributed by atoms with Gasteiger partial charge in [-0.2, -0.15) is 0 Å². The lowest BCUT2D eigenvalue weighted by molar-refractivity contribution is 0.0909. The van der Waals surface area contributed by atoms with Crippen molar-refractivity contribution < 1.29 is 18.3 Å². The smallest absolute Gasteiger partial charge is 0.169 e. The lowest BCUT2D eigenvalue weighted by atomic mass is 9.92. The Labute approximate surface area is 99.6 Å². The first kappa shape index (κ1) is 13.6. The Morgan fingerprint density at radius 2 is 1.76 bits per heavy atom. The normalized spacial score (nSPS) is 10.7. The van der Waals surface area contributed by atoms with E-state index in [0.717, 1.165) is 12.1 Å². The monoisotopic (exact) mass is 242 g/mol. The zero-order chi connectivity index (χ0) is 13.0. The van der Waals surface area contributed by atoms with Gasteiger partial charge in [0.15, 0.2) is 17.4 Å². The summed E-state index contributed by atoms with van der Waals surface area (Å²) < 4.78 is 31.1. The fraction of sp³-hybridized carbons (Fsp3) is 0.462. The molecule has 0 amide bonds. The van der Waals surface area contributed by atoms with E-state index in [1.165, 1.54) is 7.11 Å². The second kappa shape index (κ2) is 5.75. The number of carbonyl (C=O) groups excluding carboxylic acids is 1. The van der Waals surface area contributed by atoms with Crippen LogP contribution in [0.2, 0.25) is 0 Å². The molecule has 0 N–H and O–H groups in total. The Morgan fingerprint density at radius 3 is 2.24 bits per heavy atom. The second-order valence-electron chi connectivity index (χ2n) is 3.84. The van der Waals surface area contributed by atoms with E-state index < -0.39 is 11.6 Å². The third-order valence-corrected chi connectivity index (χ3v) is 2.86. The Balaban J connectivity index is 3.20. The number of rotatable bonds is 5. The highest BCUT2D eigenvalue weighted by molar-refractivity contribution is 6.00. The van der Waals surface area contributed by atoms with Gasteiger partial charge in [0.1, 0.15) is 5.75 Å². The number of carbonyl (C=O) groups is 1. The van der Waals surface area contributed by atoms with Gasteiger partial charge in [-0.05, 0) is 18.9 Å². The zero-order valence-electron chi connectivity index (χ0n) is 10.2. The summed E-state index contributed by atoms with van der Waals surface area (Å²) in [5.74, 6) is -2.34. The molecule has 2 nitrogen and oxygen atoms in total. The molecule has 94 valence electrons. The molecule has 0 aromatic heterocycles. The summed E-state index contributed by atoms with van der Waals surface area (Å²) in [5, 5.41) is 0. The molecule has 0 aliphatic rings. The fourth-order valence-corrected chi connectivity index (χ4v) is 1.77. The molecule has 17 heavy (non-hydrogen) atoms. The van der Waals surface area contributed by atoms with Crippen LogP contribution in [0.1, 0.15) is 37.0 Å². The molecule has 4 heteroatoms. The first-order valence-electron chi connectivity index (χ1n) is 5.62. The van der Waals surface area contributed by atoms with Crippen molar-refractivity contribution in [2.24, 2.45) is 5.92 Å². The first-order chi connectivity index (χ1) is 8.04. The number of Topliss-reactive ketones (excluding diaryl/α,β-unsaturated/α-hetero) is 1. The fourth-order valence-electron chi connectivity index (χ4n) is 1.77. The van der Waals surface area contributed by atoms with E-state index in [1.54, 1.807) is 0 Å². The van der Waals surface area contributed by atoms with Gasteiger partial charge in [-0.15, -0.1) is 0 Å². The lowest BCUT2D eigenvalue weighted by Crippen LogP contribution is -2.14. The molecule has 0 spiro atoms. The maximum Gasteiger partial charge on any atom is 0.169 e. The van der Waals surface area contributed by atoms with Crippen LogP contribution in [0.4, 0.5) is 8.78 Å². The van der Waals surface area contributed by atoms with E-state index in [2.05, 4.69) is 0 Å². The van der Waals surface area contributed by atoms with Crippen LogP contribution in [0, 0.1) is 17.6 Å². The number of methoxy groups -OCH3 is 1. The quantitative estimate of drug-likeness (QED) is 0.737. The molecule has 0 bridgehead atoms. The van der Waals surface area contributed by atoms with Crippen LogP contribution >= 0.6 is 0 Å². The van der Waals surface area contributed by atoms with Crippen LogP contribution in [-0.2, 0) is 0 Å². The van der Waals surface area contributed by atoms with E-state index in [4.69, 9.17) is 4.74 Å². The number of ether oxygens (including phenoxy) is 1. The van der Waals surface area contributed by atoms with Crippen molar-refractivity contribution >= 4 is 5.78 Å². The molecule has 0 atom stereocenters. The summed E-state index contributed by atoms with van der Waals surface area (Å²) in [4.78, 5) is 12.1. The average molecular weight is 242 g/mol. The Kier molecular flexibility index (Phi) is 4.61. The summed E-state index contributed by atoms with van der Waals surface area (Å²) in [7, 11) is 1.33. The summed E-state index contributed by atoms with van der Waals surface area (Å²) in [6.07, 6.45) is 1.33. The van der Waals surface area contributed by atoms with Gasteiger partial charge in [0.2, 0.25) is 0 Å². The lowest BCUT2D eigenvalue weighted by Gasteiger charge is -2.14. The Morgan fingerprint density at radius 1 is 1.24 bits per heavy atom. The largest absolute Gasteiger partial charge is 0.496 e. The molecule has 1 aromatic carbocycles. The minimum absolute atomic E-state index is 0.0841. The highest BCUT2D eigenvalue weighted by Crippen LogP contribution is 2.26. The minimum atomic E-state index is -1.03. The number of hydrogen-bond donors (Lipinski definition) is 0. The molecule has 0 aliphatic heterocycles. The van der Waals surface area contributed by atoms with Crippen LogP contribution in [-0.4, -0.2) is 12.9 Å². The Bertz CT molecular complexity index is 412. The van der Waals surface area contributed by atoms with E-state index in [0.29, 0.717) is 12.8 Å². The summed E-state index contributed by atoms with van der Waals surface area (Å²) >= 11 is 0. The molecule has 0 fully saturated rings. The van der Waals surface area contributed by atoms with Gasteiger partial charge in [0, 0.05) is 12.0 Å². The molecule has 1 aromatic rings.